The van der Waals surface area contributed by atoms with E-state index in [4.69, 9.17) is 11.6 Å². The van der Waals surface area contributed by atoms with Crippen LogP contribution in [-0.2, 0) is 0 Å². The third kappa shape index (κ3) is 3.74. The van der Waals surface area contributed by atoms with Gasteiger partial charge in [0, 0.05) is 10.5 Å². The number of fused-ring (bicyclic) bond motifs is 1. The van der Waals surface area contributed by atoms with Gasteiger partial charge >= 0.3 is 0 Å². The van der Waals surface area contributed by atoms with Crippen LogP contribution >= 0.6 is 11.6 Å². The lowest BCUT2D eigenvalue weighted by atomic mass is 9.95. The molecule has 1 unspecified atom stereocenters. The largest absolute Gasteiger partial charge is 0.345 e. The molecule has 1 aromatic heterocycles. The van der Waals surface area contributed by atoms with E-state index in [9.17, 15) is 9.59 Å². The van der Waals surface area contributed by atoms with Gasteiger partial charge in [-0.05, 0) is 41.1 Å². The molecule has 0 aliphatic heterocycles. The first-order valence-electron chi connectivity index (χ1n) is 8.14. The Morgan fingerprint density at radius 1 is 1.08 bits per heavy atom. The van der Waals surface area contributed by atoms with Crippen molar-refractivity contribution in [2.45, 2.75) is 19.9 Å². The lowest BCUT2D eigenvalue weighted by molar-refractivity contribution is 0.0924. The Labute approximate surface area is 150 Å². The highest BCUT2D eigenvalue weighted by Crippen LogP contribution is 2.23. The van der Waals surface area contributed by atoms with Crippen molar-refractivity contribution in [3.05, 3.63) is 81.1 Å². The molecule has 3 aromatic rings. The van der Waals surface area contributed by atoms with Crippen molar-refractivity contribution >= 4 is 28.4 Å². The zero-order valence-corrected chi connectivity index (χ0v) is 14.8. The van der Waals surface area contributed by atoms with Gasteiger partial charge in [-0.3, -0.25) is 9.59 Å². The van der Waals surface area contributed by atoms with Crippen LogP contribution in [0, 0.1) is 5.92 Å². The van der Waals surface area contributed by atoms with Crippen molar-refractivity contribution in [1.29, 1.82) is 0 Å². The fourth-order valence-corrected chi connectivity index (χ4v) is 2.97. The Morgan fingerprint density at radius 2 is 1.76 bits per heavy atom. The number of nitrogens with one attached hydrogen (secondary N) is 2. The van der Waals surface area contributed by atoms with Crippen molar-refractivity contribution in [3.63, 3.8) is 0 Å². The maximum atomic E-state index is 12.7. The highest BCUT2D eigenvalue weighted by molar-refractivity contribution is 6.30. The second-order valence-electron chi connectivity index (χ2n) is 6.35. The third-order valence-corrected chi connectivity index (χ3v) is 4.43. The number of pyridine rings is 1. The van der Waals surface area contributed by atoms with Gasteiger partial charge in [-0.1, -0.05) is 55.8 Å². The van der Waals surface area contributed by atoms with E-state index in [-0.39, 0.29) is 23.4 Å². The van der Waals surface area contributed by atoms with E-state index in [0.29, 0.717) is 10.5 Å². The summed E-state index contributed by atoms with van der Waals surface area (Å²) in [5, 5.41) is 4.43. The van der Waals surface area contributed by atoms with Gasteiger partial charge in [0.25, 0.3) is 11.5 Å². The van der Waals surface area contributed by atoms with Crippen LogP contribution in [0.15, 0.2) is 59.4 Å². The number of carbonyl (C=O) groups excluding carboxylic acids is 1. The fourth-order valence-electron chi connectivity index (χ4n) is 2.84. The molecule has 25 heavy (non-hydrogen) atoms. The number of carbonyl (C=O) groups is 1. The van der Waals surface area contributed by atoms with E-state index < -0.39 is 5.56 Å². The normalized spacial score (nSPS) is 12.3. The van der Waals surface area contributed by atoms with Crippen LogP contribution in [0.2, 0.25) is 5.02 Å². The number of amides is 1. The summed E-state index contributed by atoms with van der Waals surface area (Å²) in [6, 6.07) is 16.2. The molecule has 0 spiro atoms. The molecule has 2 aromatic carbocycles. The molecular formula is C20H19ClN2O2. The van der Waals surface area contributed by atoms with Crippen molar-refractivity contribution < 1.29 is 4.79 Å². The number of para-hydroxylation sites is 1. The Balaban J connectivity index is 1.93. The van der Waals surface area contributed by atoms with Gasteiger partial charge in [-0.15, -0.1) is 0 Å². The summed E-state index contributed by atoms with van der Waals surface area (Å²) in [6.45, 7) is 4.04. The van der Waals surface area contributed by atoms with Crippen LogP contribution < -0.4 is 10.9 Å². The molecule has 3 rings (SSSR count). The van der Waals surface area contributed by atoms with E-state index in [1.165, 1.54) is 0 Å². The molecule has 0 bridgehead atoms. The second-order valence-corrected chi connectivity index (χ2v) is 6.78. The summed E-state index contributed by atoms with van der Waals surface area (Å²) >= 11 is 5.94. The standard InChI is InChI=1S/C20H19ClN2O2/c1-12(2)18(13-7-9-15(21)10-8-13)23-20(25)16-11-14-5-3-4-6-17(14)22-19(16)24/h3-12,18H,1-2H3,(H,22,24)(H,23,25). The number of rotatable bonds is 4. The number of halogens is 1. The molecule has 0 fully saturated rings. The molecule has 1 heterocycles. The molecule has 0 aliphatic rings. The molecular weight excluding hydrogens is 336 g/mol. The number of aromatic amines is 1. The number of hydrogen-bond acceptors (Lipinski definition) is 2. The van der Waals surface area contributed by atoms with E-state index >= 15 is 0 Å². The smallest absolute Gasteiger partial charge is 0.261 e. The van der Waals surface area contributed by atoms with Gasteiger partial charge in [0.05, 0.1) is 6.04 Å². The van der Waals surface area contributed by atoms with Gasteiger partial charge in [0.15, 0.2) is 0 Å². The zero-order chi connectivity index (χ0) is 18.0. The molecule has 1 amide bonds. The number of aromatic nitrogens is 1. The SMILES string of the molecule is CC(C)C(NC(=O)c1cc2ccccc2[nH]c1=O)c1ccc(Cl)cc1. The van der Waals surface area contributed by atoms with Gasteiger partial charge < -0.3 is 10.3 Å². The van der Waals surface area contributed by atoms with E-state index in [2.05, 4.69) is 10.3 Å². The highest BCUT2D eigenvalue weighted by Gasteiger charge is 2.21. The van der Waals surface area contributed by atoms with Crippen molar-refractivity contribution in [2.75, 3.05) is 0 Å². The minimum Gasteiger partial charge on any atom is -0.345 e. The Bertz CT molecular complexity index is 961. The van der Waals surface area contributed by atoms with Crippen LogP contribution in [0.25, 0.3) is 10.9 Å². The maximum Gasteiger partial charge on any atom is 0.261 e. The summed E-state index contributed by atoms with van der Waals surface area (Å²) in [7, 11) is 0. The van der Waals surface area contributed by atoms with Crippen LogP contribution in [0.5, 0.6) is 0 Å². The monoisotopic (exact) mass is 354 g/mol. The van der Waals surface area contributed by atoms with Gasteiger partial charge in [-0.25, -0.2) is 0 Å². The minimum atomic E-state index is -0.394. The maximum absolute atomic E-state index is 12.7. The van der Waals surface area contributed by atoms with E-state index in [1.54, 1.807) is 18.2 Å². The summed E-state index contributed by atoms with van der Waals surface area (Å²) in [4.78, 5) is 27.7. The molecule has 0 radical (unpaired) electrons. The average Bonchev–Trinajstić information content (AvgIpc) is 2.59. The first-order chi connectivity index (χ1) is 12.0. The first kappa shape index (κ1) is 17.2. The molecule has 0 saturated heterocycles. The predicted octanol–water partition coefficient (Wildman–Crippen LogP) is 4.31. The number of H-pyrrole nitrogens is 1. The lowest BCUT2D eigenvalue weighted by Gasteiger charge is -2.23. The third-order valence-electron chi connectivity index (χ3n) is 4.18. The molecule has 1 atom stereocenters. The van der Waals surface area contributed by atoms with E-state index in [0.717, 1.165) is 10.9 Å². The van der Waals surface area contributed by atoms with Gasteiger partial charge in [0.2, 0.25) is 0 Å². The van der Waals surface area contributed by atoms with Crippen molar-refractivity contribution in [1.82, 2.24) is 10.3 Å². The van der Waals surface area contributed by atoms with Crippen LogP contribution in [-0.4, -0.2) is 10.9 Å². The Morgan fingerprint density at radius 3 is 2.44 bits per heavy atom. The molecule has 0 aliphatic carbocycles. The molecule has 0 saturated carbocycles. The van der Waals surface area contributed by atoms with Crippen molar-refractivity contribution in [2.24, 2.45) is 5.92 Å². The molecule has 2 N–H and O–H groups in total. The highest BCUT2D eigenvalue weighted by atomic mass is 35.5. The Hall–Kier alpha value is -2.59. The summed E-state index contributed by atoms with van der Waals surface area (Å²) in [5.41, 5.74) is 1.38. The number of benzene rings is 2. The quantitative estimate of drug-likeness (QED) is 0.733. The molecule has 128 valence electrons. The molecule has 4 nitrogen and oxygen atoms in total. The summed E-state index contributed by atoms with van der Waals surface area (Å²) in [5.74, 6) is -0.231. The molecule has 5 heteroatoms. The topological polar surface area (TPSA) is 62.0 Å². The second kappa shape index (κ2) is 7.11. The van der Waals surface area contributed by atoms with Crippen LogP contribution in [0.1, 0.15) is 35.8 Å². The predicted molar refractivity (Wildman–Crippen MR) is 101 cm³/mol. The summed E-state index contributed by atoms with van der Waals surface area (Å²) in [6.07, 6.45) is 0. The number of hydrogen-bond donors (Lipinski definition) is 2. The fraction of sp³-hybridized carbons (Fsp3) is 0.200. The first-order valence-corrected chi connectivity index (χ1v) is 8.52. The summed E-state index contributed by atoms with van der Waals surface area (Å²) < 4.78 is 0. The van der Waals surface area contributed by atoms with Gasteiger partial charge in [-0.2, -0.15) is 0 Å². The van der Waals surface area contributed by atoms with E-state index in [1.807, 2.05) is 50.2 Å². The average molecular weight is 355 g/mol. The Kier molecular flexibility index (Phi) is 4.91. The van der Waals surface area contributed by atoms with Gasteiger partial charge in [0.1, 0.15) is 5.56 Å². The zero-order valence-electron chi connectivity index (χ0n) is 14.0. The van der Waals surface area contributed by atoms with Crippen LogP contribution in [0.4, 0.5) is 0 Å². The minimum absolute atomic E-state index is 0.110. The van der Waals surface area contributed by atoms with Crippen molar-refractivity contribution in [3.8, 4) is 0 Å². The lowest BCUT2D eigenvalue weighted by Crippen LogP contribution is -2.35. The van der Waals surface area contributed by atoms with Crippen LogP contribution in [0.3, 0.4) is 0 Å².